The average molecular weight is 224 g/mol. The van der Waals surface area contributed by atoms with Crippen LogP contribution in [0.3, 0.4) is 0 Å². The van der Waals surface area contributed by atoms with Crippen LogP contribution in [0.15, 0.2) is 22.8 Å². The van der Waals surface area contributed by atoms with Crippen molar-refractivity contribution in [3.05, 3.63) is 24.2 Å². The van der Waals surface area contributed by atoms with Gasteiger partial charge < -0.3 is 9.52 Å². The largest absolute Gasteiger partial charge is 0.468 e. The van der Waals surface area contributed by atoms with Crippen molar-refractivity contribution in [3.8, 4) is 0 Å². The van der Waals surface area contributed by atoms with Crippen molar-refractivity contribution in [1.82, 2.24) is 9.80 Å². The molecule has 2 rings (SSSR count). The SMILES string of the molecule is CN(CCO)C1CCN(Cc2ccco2)C1. The molecule has 1 atom stereocenters. The second-order valence-electron chi connectivity index (χ2n) is 4.46. The third-order valence-electron chi connectivity index (χ3n) is 3.28. The molecule has 1 saturated heterocycles. The molecule has 90 valence electrons. The van der Waals surface area contributed by atoms with E-state index in [2.05, 4.69) is 16.8 Å². The van der Waals surface area contributed by atoms with E-state index in [1.165, 1.54) is 6.42 Å². The van der Waals surface area contributed by atoms with Gasteiger partial charge in [0.2, 0.25) is 0 Å². The maximum absolute atomic E-state index is 8.90. The zero-order valence-corrected chi connectivity index (χ0v) is 9.80. The Balaban J connectivity index is 1.79. The first-order valence-corrected chi connectivity index (χ1v) is 5.85. The zero-order valence-electron chi connectivity index (χ0n) is 9.80. The number of aliphatic hydroxyl groups excluding tert-OH is 1. The molecule has 0 bridgehead atoms. The van der Waals surface area contributed by atoms with Crippen LogP contribution in [-0.4, -0.2) is 54.2 Å². The van der Waals surface area contributed by atoms with Crippen LogP contribution in [0.1, 0.15) is 12.2 Å². The summed E-state index contributed by atoms with van der Waals surface area (Å²) in [5.74, 6) is 1.03. The van der Waals surface area contributed by atoms with E-state index in [0.29, 0.717) is 6.04 Å². The first kappa shape index (κ1) is 11.6. The van der Waals surface area contributed by atoms with Gasteiger partial charge in [0, 0.05) is 25.7 Å². The molecule has 4 heteroatoms. The summed E-state index contributed by atoms with van der Waals surface area (Å²) in [4.78, 5) is 4.64. The Morgan fingerprint density at radius 3 is 3.19 bits per heavy atom. The van der Waals surface area contributed by atoms with Gasteiger partial charge >= 0.3 is 0 Å². The van der Waals surface area contributed by atoms with Gasteiger partial charge in [0.15, 0.2) is 0 Å². The second-order valence-corrected chi connectivity index (χ2v) is 4.46. The average Bonchev–Trinajstić information content (AvgIpc) is 2.90. The molecule has 1 aliphatic rings. The Morgan fingerprint density at radius 2 is 2.50 bits per heavy atom. The molecule has 2 heterocycles. The lowest BCUT2D eigenvalue weighted by Crippen LogP contribution is -2.36. The van der Waals surface area contributed by atoms with Crippen molar-refractivity contribution in [2.24, 2.45) is 0 Å². The molecule has 4 nitrogen and oxygen atoms in total. The lowest BCUT2D eigenvalue weighted by atomic mass is 10.2. The van der Waals surface area contributed by atoms with Crippen LogP contribution in [0.25, 0.3) is 0 Å². The Hall–Kier alpha value is -0.840. The Kier molecular flexibility index (Phi) is 3.98. The topological polar surface area (TPSA) is 39.9 Å². The predicted molar refractivity (Wildman–Crippen MR) is 62.1 cm³/mol. The molecule has 1 fully saturated rings. The molecular weight excluding hydrogens is 204 g/mol. The summed E-state index contributed by atoms with van der Waals surface area (Å²) in [6.07, 6.45) is 2.90. The van der Waals surface area contributed by atoms with Crippen LogP contribution in [0.5, 0.6) is 0 Å². The minimum absolute atomic E-state index is 0.241. The summed E-state index contributed by atoms with van der Waals surface area (Å²) in [7, 11) is 2.08. The molecule has 1 aliphatic heterocycles. The van der Waals surface area contributed by atoms with Crippen molar-refractivity contribution < 1.29 is 9.52 Å². The number of rotatable bonds is 5. The molecule has 0 aliphatic carbocycles. The molecule has 1 aromatic rings. The summed E-state index contributed by atoms with van der Waals surface area (Å²) in [6.45, 7) is 4.08. The molecule has 0 amide bonds. The monoisotopic (exact) mass is 224 g/mol. The van der Waals surface area contributed by atoms with Gasteiger partial charge in [0.05, 0.1) is 19.4 Å². The van der Waals surface area contributed by atoms with E-state index in [-0.39, 0.29) is 6.61 Å². The van der Waals surface area contributed by atoms with Crippen molar-refractivity contribution in [3.63, 3.8) is 0 Å². The molecule has 0 saturated carbocycles. The van der Waals surface area contributed by atoms with Gasteiger partial charge in [-0.25, -0.2) is 0 Å². The summed E-state index contributed by atoms with van der Waals surface area (Å²) in [5.41, 5.74) is 0. The van der Waals surface area contributed by atoms with E-state index in [9.17, 15) is 0 Å². The van der Waals surface area contributed by atoms with Crippen LogP contribution in [0.2, 0.25) is 0 Å². The van der Waals surface area contributed by atoms with E-state index in [0.717, 1.165) is 31.9 Å². The van der Waals surface area contributed by atoms with Gasteiger partial charge in [-0.15, -0.1) is 0 Å². The maximum Gasteiger partial charge on any atom is 0.117 e. The minimum Gasteiger partial charge on any atom is -0.468 e. The number of likely N-dealkylation sites (N-methyl/N-ethyl adjacent to an activating group) is 1. The smallest absolute Gasteiger partial charge is 0.117 e. The van der Waals surface area contributed by atoms with Crippen LogP contribution in [0, 0.1) is 0 Å². The highest BCUT2D eigenvalue weighted by Crippen LogP contribution is 2.17. The maximum atomic E-state index is 8.90. The van der Waals surface area contributed by atoms with Crippen LogP contribution in [-0.2, 0) is 6.54 Å². The van der Waals surface area contributed by atoms with Crippen molar-refractivity contribution in [2.45, 2.75) is 19.0 Å². The normalized spacial score (nSPS) is 22.1. The number of hydrogen-bond donors (Lipinski definition) is 1. The van der Waals surface area contributed by atoms with E-state index in [1.807, 2.05) is 12.1 Å². The van der Waals surface area contributed by atoms with E-state index >= 15 is 0 Å². The Morgan fingerprint density at radius 1 is 1.62 bits per heavy atom. The highest BCUT2D eigenvalue weighted by Gasteiger charge is 2.25. The van der Waals surface area contributed by atoms with Crippen molar-refractivity contribution >= 4 is 0 Å². The first-order valence-electron chi connectivity index (χ1n) is 5.85. The molecular formula is C12H20N2O2. The van der Waals surface area contributed by atoms with E-state index < -0.39 is 0 Å². The highest BCUT2D eigenvalue weighted by molar-refractivity contribution is 4.99. The number of hydrogen-bond acceptors (Lipinski definition) is 4. The number of furan rings is 1. The zero-order chi connectivity index (χ0) is 11.4. The number of nitrogens with zero attached hydrogens (tertiary/aromatic N) is 2. The van der Waals surface area contributed by atoms with E-state index in [4.69, 9.17) is 9.52 Å². The summed E-state index contributed by atoms with van der Waals surface area (Å²) in [5, 5.41) is 8.90. The van der Waals surface area contributed by atoms with Crippen molar-refractivity contribution in [1.29, 1.82) is 0 Å². The third-order valence-corrected chi connectivity index (χ3v) is 3.28. The summed E-state index contributed by atoms with van der Waals surface area (Å²) in [6, 6.07) is 4.52. The quantitative estimate of drug-likeness (QED) is 0.802. The number of aliphatic hydroxyl groups is 1. The molecule has 1 N–H and O–H groups in total. The standard InChI is InChI=1S/C12H20N2O2/c1-13(6-7-15)11-4-5-14(9-11)10-12-3-2-8-16-12/h2-3,8,11,15H,4-7,9-10H2,1H3. The van der Waals surface area contributed by atoms with Crippen LogP contribution < -0.4 is 0 Å². The fraction of sp³-hybridized carbons (Fsp3) is 0.667. The van der Waals surface area contributed by atoms with Gasteiger partial charge in [-0.05, 0) is 25.6 Å². The second kappa shape index (κ2) is 5.48. The van der Waals surface area contributed by atoms with Gasteiger partial charge in [0.1, 0.15) is 5.76 Å². The van der Waals surface area contributed by atoms with Gasteiger partial charge in [-0.1, -0.05) is 0 Å². The Labute approximate surface area is 96.5 Å². The molecule has 1 unspecified atom stereocenters. The lowest BCUT2D eigenvalue weighted by molar-refractivity contribution is 0.176. The van der Waals surface area contributed by atoms with Crippen molar-refractivity contribution in [2.75, 3.05) is 33.3 Å². The highest BCUT2D eigenvalue weighted by atomic mass is 16.3. The molecule has 16 heavy (non-hydrogen) atoms. The summed E-state index contributed by atoms with van der Waals surface area (Å²) >= 11 is 0. The minimum atomic E-state index is 0.241. The van der Waals surface area contributed by atoms with Crippen LogP contribution >= 0.6 is 0 Å². The fourth-order valence-corrected chi connectivity index (χ4v) is 2.28. The number of likely N-dealkylation sites (tertiary alicyclic amines) is 1. The molecule has 0 aromatic carbocycles. The molecule has 0 radical (unpaired) electrons. The van der Waals surface area contributed by atoms with Gasteiger partial charge in [0.25, 0.3) is 0 Å². The van der Waals surface area contributed by atoms with E-state index in [1.54, 1.807) is 6.26 Å². The first-order chi connectivity index (χ1) is 7.79. The van der Waals surface area contributed by atoms with Gasteiger partial charge in [-0.3, -0.25) is 9.80 Å². The fourth-order valence-electron chi connectivity index (χ4n) is 2.28. The Bertz CT molecular complexity index is 300. The third kappa shape index (κ3) is 2.84. The molecule has 0 spiro atoms. The predicted octanol–water partition coefficient (Wildman–Crippen LogP) is 0.778. The van der Waals surface area contributed by atoms with Crippen LogP contribution in [0.4, 0.5) is 0 Å². The van der Waals surface area contributed by atoms with Gasteiger partial charge in [-0.2, -0.15) is 0 Å². The molecule has 1 aromatic heterocycles. The lowest BCUT2D eigenvalue weighted by Gasteiger charge is -2.23. The summed E-state index contributed by atoms with van der Waals surface area (Å²) < 4.78 is 5.34.